The SMILES string of the molecule is CCC=CC(C)(CCC=C(C)C)OC(C)=O. The van der Waals surface area contributed by atoms with Crippen LogP contribution in [-0.4, -0.2) is 11.6 Å². The van der Waals surface area contributed by atoms with Crippen molar-refractivity contribution in [3.63, 3.8) is 0 Å². The van der Waals surface area contributed by atoms with Gasteiger partial charge in [0.25, 0.3) is 0 Å². The maximum atomic E-state index is 11.0. The summed E-state index contributed by atoms with van der Waals surface area (Å²) in [6.07, 6.45) is 8.92. The Morgan fingerprint density at radius 2 is 1.94 bits per heavy atom. The molecule has 0 aliphatic carbocycles. The van der Waals surface area contributed by atoms with Crippen LogP contribution in [0.2, 0.25) is 0 Å². The molecule has 1 unspecified atom stereocenters. The molecule has 2 heteroatoms. The van der Waals surface area contributed by atoms with Gasteiger partial charge in [-0.1, -0.05) is 24.6 Å². The van der Waals surface area contributed by atoms with Gasteiger partial charge < -0.3 is 4.74 Å². The number of allylic oxidation sites excluding steroid dienone is 3. The van der Waals surface area contributed by atoms with Gasteiger partial charge in [0.05, 0.1) is 0 Å². The van der Waals surface area contributed by atoms with E-state index in [-0.39, 0.29) is 5.97 Å². The predicted molar refractivity (Wildman–Crippen MR) is 68.3 cm³/mol. The van der Waals surface area contributed by atoms with Gasteiger partial charge in [-0.2, -0.15) is 0 Å². The largest absolute Gasteiger partial charge is 0.455 e. The van der Waals surface area contributed by atoms with Crippen LogP contribution in [0.15, 0.2) is 23.8 Å². The Balaban J connectivity index is 4.47. The smallest absolute Gasteiger partial charge is 0.303 e. The minimum Gasteiger partial charge on any atom is -0.455 e. The van der Waals surface area contributed by atoms with E-state index in [1.165, 1.54) is 12.5 Å². The van der Waals surface area contributed by atoms with Crippen molar-refractivity contribution in [2.45, 2.75) is 59.5 Å². The average molecular weight is 224 g/mol. The molecular weight excluding hydrogens is 200 g/mol. The molecule has 0 saturated heterocycles. The van der Waals surface area contributed by atoms with E-state index in [1.54, 1.807) is 0 Å². The van der Waals surface area contributed by atoms with Gasteiger partial charge in [-0.3, -0.25) is 4.79 Å². The Morgan fingerprint density at radius 1 is 1.31 bits per heavy atom. The summed E-state index contributed by atoms with van der Waals surface area (Å²) in [6, 6.07) is 0. The monoisotopic (exact) mass is 224 g/mol. The minimum absolute atomic E-state index is 0.222. The molecule has 0 aliphatic rings. The first kappa shape index (κ1) is 14.9. The van der Waals surface area contributed by atoms with E-state index in [1.807, 2.05) is 19.1 Å². The van der Waals surface area contributed by atoms with E-state index in [9.17, 15) is 4.79 Å². The number of hydrogen-bond acceptors (Lipinski definition) is 2. The molecule has 0 aromatic carbocycles. The highest BCUT2D eigenvalue weighted by Gasteiger charge is 2.22. The fourth-order valence-corrected chi connectivity index (χ4v) is 1.51. The zero-order valence-electron chi connectivity index (χ0n) is 11.2. The molecule has 0 rings (SSSR count). The standard InChI is InChI=1S/C14H24O2/c1-6-7-10-14(5,16-13(4)15)11-8-9-12(2)3/h7,9-10H,6,8,11H2,1-5H3. The molecule has 0 amide bonds. The average Bonchev–Trinajstić information content (AvgIpc) is 2.13. The Morgan fingerprint density at radius 3 is 2.38 bits per heavy atom. The van der Waals surface area contributed by atoms with Crippen molar-refractivity contribution in [3.8, 4) is 0 Å². The minimum atomic E-state index is -0.464. The maximum absolute atomic E-state index is 11.0. The summed E-state index contributed by atoms with van der Waals surface area (Å²) in [4.78, 5) is 11.0. The van der Waals surface area contributed by atoms with Gasteiger partial charge in [-0.05, 0) is 46.1 Å². The van der Waals surface area contributed by atoms with Crippen LogP contribution >= 0.6 is 0 Å². The van der Waals surface area contributed by atoms with Crippen molar-refractivity contribution in [1.82, 2.24) is 0 Å². The van der Waals surface area contributed by atoms with Crippen molar-refractivity contribution >= 4 is 5.97 Å². The third-order valence-corrected chi connectivity index (χ3v) is 2.28. The second-order valence-electron chi connectivity index (χ2n) is 4.54. The van der Waals surface area contributed by atoms with Gasteiger partial charge in [-0.15, -0.1) is 0 Å². The lowest BCUT2D eigenvalue weighted by Crippen LogP contribution is -2.28. The highest BCUT2D eigenvalue weighted by atomic mass is 16.6. The molecule has 0 saturated carbocycles. The molecule has 0 heterocycles. The van der Waals surface area contributed by atoms with Crippen LogP contribution in [0.1, 0.15) is 53.9 Å². The molecule has 0 aliphatic heterocycles. The van der Waals surface area contributed by atoms with Gasteiger partial charge in [0.1, 0.15) is 5.60 Å². The third-order valence-electron chi connectivity index (χ3n) is 2.28. The summed E-state index contributed by atoms with van der Waals surface area (Å²) in [5, 5.41) is 0. The van der Waals surface area contributed by atoms with Crippen LogP contribution in [0.5, 0.6) is 0 Å². The molecule has 0 radical (unpaired) electrons. The van der Waals surface area contributed by atoms with Crippen molar-refractivity contribution in [2.24, 2.45) is 0 Å². The van der Waals surface area contributed by atoms with Crippen molar-refractivity contribution in [3.05, 3.63) is 23.8 Å². The summed E-state index contributed by atoms with van der Waals surface area (Å²) in [7, 11) is 0. The number of carbonyl (C=O) groups excluding carboxylic acids is 1. The molecule has 0 aromatic rings. The molecular formula is C14H24O2. The van der Waals surface area contributed by atoms with Crippen LogP contribution in [0.4, 0.5) is 0 Å². The van der Waals surface area contributed by atoms with Gasteiger partial charge in [0, 0.05) is 6.92 Å². The number of rotatable bonds is 6. The number of carbonyl (C=O) groups is 1. The van der Waals surface area contributed by atoms with Crippen LogP contribution in [0, 0.1) is 0 Å². The molecule has 2 nitrogen and oxygen atoms in total. The lowest BCUT2D eigenvalue weighted by molar-refractivity contribution is -0.151. The molecule has 0 spiro atoms. The molecule has 0 fully saturated rings. The summed E-state index contributed by atoms with van der Waals surface area (Å²) >= 11 is 0. The molecule has 0 N–H and O–H groups in total. The topological polar surface area (TPSA) is 26.3 Å². The maximum Gasteiger partial charge on any atom is 0.303 e. The van der Waals surface area contributed by atoms with Crippen LogP contribution in [0.3, 0.4) is 0 Å². The quantitative estimate of drug-likeness (QED) is 0.503. The second kappa shape index (κ2) is 7.26. The molecule has 0 bridgehead atoms. The fraction of sp³-hybridized carbons (Fsp3) is 0.643. The van der Waals surface area contributed by atoms with Gasteiger partial charge in [-0.25, -0.2) is 0 Å². The van der Waals surface area contributed by atoms with Gasteiger partial charge >= 0.3 is 5.97 Å². The second-order valence-corrected chi connectivity index (χ2v) is 4.54. The summed E-state index contributed by atoms with van der Waals surface area (Å²) in [5.74, 6) is -0.222. The van der Waals surface area contributed by atoms with Gasteiger partial charge in [0.2, 0.25) is 0 Å². The van der Waals surface area contributed by atoms with Crippen molar-refractivity contribution in [1.29, 1.82) is 0 Å². The molecule has 92 valence electrons. The number of hydrogen-bond donors (Lipinski definition) is 0. The van der Waals surface area contributed by atoms with Gasteiger partial charge in [0.15, 0.2) is 0 Å². The van der Waals surface area contributed by atoms with Crippen LogP contribution in [-0.2, 0) is 9.53 Å². The van der Waals surface area contributed by atoms with Crippen LogP contribution < -0.4 is 0 Å². The Bertz CT molecular complexity index is 272. The third kappa shape index (κ3) is 7.27. The number of esters is 1. The first-order valence-corrected chi connectivity index (χ1v) is 5.90. The van der Waals surface area contributed by atoms with E-state index in [4.69, 9.17) is 4.74 Å². The normalized spacial score (nSPS) is 14.6. The lowest BCUT2D eigenvalue weighted by Gasteiger charge is -2.25. The zero-order chi connectivity index (χ0) is 12.6. The van der Waals surface area contributed by atoms with Crippen LogP contribution in [0.25, 0.3) is 0 Å². The lowest BCUT2D eigenvalue weighted by atomic mass is 9.98. The summed E-state index contributed by atoms with van der Waals surface area (Å²) in [5.41, 5.74) is 0.831. The molecule has 1 atom stereocenters. The van der Waals surface area contributed by atoms with E-state index in [2.05, 4.69) is 26.8 Å². The fourth-order valence-electron chi connectivity index (χ4n) is 1.51. The Labute approximate surface area is 99.4 Å². The zero-order valence-corrected chi connectivity index (χ0v) is 11.2. The summed E-state index contributed by atoms with van der Waals surface area (Å²) < 4.78 is 5.37. The van der Waals surface area contributed by atoms with E-state index >= 15 is 0 Å². The first-order valence-electron chi connectivity index (χ1n) is 5.90. The van der Waals surface area contributed by atoms with E-state index in [0.717, 1.165) is 19.3 Å². The van der Waals surface area contributed by atoms with E-state index in [0.29, 0.717) is 0 Å². The van der Waals surface area contributed by atoms with Crippen molar-refractivity contribution < 1.29 is 9.53 Å². The Kier molecular flexibility index (Phi) is 6.78. The Hall–Kier alpha value is -1.05. The highest BCUT2D eigenvalue weighted by molar-refractivity contribution is 5.66. The highest BCUT2D eigenvalue weighted by Crippen LogP contribution is 2.21. The number of ether oxygens (including phenoxy) is 1. The van der Waals surface area contributed by atoms with Crippen molar-refractivity contribution in [2.75, 3.05) is 0 Å². The van der Waals surface area contributed by atoms with E-state index < -0.39 is 5.60 Å². The first-order chi connectivity index (χ1) is 7.39. The molecule has 16 heavy (non-hydrogen) atoms. The summed E-state index contributed by atoms with van der Waals surface area (Å²) in [6.45, 7) is 9.63. The molecule has 0 aromatic heterocycles. The predicted octanol–water partition coefficient (Wildman–Crippen LogP) is 4.02.